The predicted molar refractivity (Wildman–Crippen MR) is 91.9 cm³/mol. The molecule has 6 heteroatoms. The maximum atomic E-state index is 5.93. The number of aromatic nitrogens is 3. The molecule has 1 saturated heterocycles. The Bertz CT molecular complexity index is 666. The Labute approximate surface area is 145 Å². The first-order chi connectivity index (χ1) is 11.2. The van der Waals surface area contributed by atoms with Crippen LogP contribution >= 0.6 is 15.9 Å². The first-order valence-electron chi connectivity index (χ1n) is 8.09. The maximum absolute atomic E-state index is 5.93. The van der Waals surface area contributed by atoms with E-state index in [1.807, 2.05) is 30.1 Å². The molecule has 0 aliphatic carbocycles. The molecule has 1 fully saturated rings. The van der Waals surface area contributed by atoms with E-state index in [0.29, 0.717) is 6.61 Å². The number of ether oxygens (including phenoxy) is 2. The summed E-state index contributed by atoms with van der Waals surface area (Å²) in [5, 5.41) is 4.38. The summed E-state index contributed by atoms with van der Waals surface area (Å²) in [4.78, 5) is 4.74. The Hall–Kier alpha value is -1.24. The van der Waals surface area contributed by atoms with Crippen LogP contribution in [-0.2, 0) is 29.5 Å². The highest BCUT2D eigenvalue weighted by Gasteiger charge is 2.18. The highest BCUT2D eigenvalue weighted by molar-refractivity contribution is 9.10. The molecule has 3 rings (SSSR count). The van der Waals surface area contributed by atoms with Crippen molar-refractivity contribution in [1.82, 2.24) is 14.8 Å². The van der Waals surface area contributed by atoms with Gasteiger partial charge in [-0.25, -0.2) is 0 Å². The molecule has 0 aromatic carbocycles. The van der Waals surface area contributed by atoms with Crippen molar-refractivity contribution in [2.75, 3.05) is 6.61 Å². The second-order valence-electron chi connectivity index (χ2n) is 5.71. The topological polar surface area (TPSA) is 49.2 Å². The van der Waals surface area contributed by atoms with Gasteiger partial charge in [-0.05, 0) is 53.7 Å². The first-order valence-corrected chi connectivity index (χ1v) is 8.88. The monoisotopic (exact) mass is 379 g/mol. The Morgan fingerprint density at radius 3 is 3.00 bits per heavy atom. The van der Waals surface area contributed by atoms with Crippen LogP contribution in [0.1, 0.15) is 37.6 Å². The predicted octanol–water partition coefficient (Wildman–Crippen LogP) is 3.85. The van der Waals surface area contributed by atoms with Crippen molar-refractivity contribution in [2.24, 2.45) is 7.05 Å². The highest BCUT2D eigenvalue weighted by atomic mass is 79.9. The highest BCUT2D eigenvalue weighted by Crippen LogP contribution is 2.26. The van der Waals surface area contributed by atoms with Crippen molar-refractivity contribution in [3.63, 3.8) is 0 Å². The average molecular weight is 380 g/mol. The molecule has 0 bridgehead atoms. The molecule has 2 aromatic rings. The van der Waals surface area contributed by atoms with E-state index in [-0.39, 0.29) is 6.29 Å². The minimum absolute atomic E-state index is 0.101. The summed E-state index contributed by atoms with van der Waals surface area (Å²) in [6.45, 7) is 3.37. The number of hydrogen-bond donors (Lipinski definition) is 0. The minimum Gasteiger partial charge on any atom is -0.353 e. The molecular formula is C17H22BrN3O2. The second-order valence-corrected chi connectivity index (χ2v) is 6.57. The third kappa shape index (κ3) is 3.82. The van der Waals surface area contributed by atoms with Gasteiger partial charge in [-0.3, -0.25) is 9.67 Å². The third-order valence-corrected chi connectivity index (χ3v) is 4.86. The molecule has 1 aliphatic rings. The van der Waals surface area contributed by atoms with Gasteiger partial charge in [0.25, 0.3) is 0 Å². The zero-order valence-electron chi connectivity index (χ0n) is 13.6. The van der Waals surface area contributed by atoms with E-state index in [4.69, 9.17) is 14.5 Å². The van der Waals surface area contributed by atoms with Crippen LogP contribution in [0, 0.1) is 0 Å². The van der Waals surface area contributed by atoms with Gasteiger partial charge in [0.15, 0.2) is 6.29 Å². The minimum atomic E-state index is -0.101. The van der Waals surface area contributed by atoms with E-state index in [2.05, 4.69) is 28.0 Å². The molecule has 0 spiro atoms. The molecular weight excluding hydrogens is 358 g/mol. The molecule has 1 atom stereocenters. The van der Waals surface area contributed by atoms with Gasteiger partial charge in [0.05, 0.1) is 29.9 Å². The molecule has 5 nitrogen and oxygen atoms in total. The molecule has 23 heavy (non-hydrogen) atoms. The lowest BCUT2D eigenvalue weighted by Gasteiger charge is -2.22. The summed E-state index contributed by atoms with van der Waals surface area (Å²) < 4.78 is 14.5. The van der Waals surface area contributed by atoms with Crippen LogP contribution in [-0.4, -0.2) is 27.7 Å². The third-order valence-electron chi connectivity index (χ3n) is 4.13. The van der Waals surface area contributed by atoms with Gasteiger partial charge in [-0.2, -0.15) is 5.10 Å². The fraction of sp³-hybridized carbons (Fsp3) is 0.529. The van der Waals surface area contributed by atoms with Crippen molar-refractivity contribution < 1.29 is 9.47 Å². The van der Waals surface area contributed by atoms with Crippen molar-refractivity contribution in [3.05, 3.63) is 34.2 Å². The molecule has 124 valence electrons. The fourth-order valence-corrected chi connectivity index (χ4v) is 3.25. The van der Waals surface area contributed by atoms with Crippen LogP contribution in [0.4, 0.5) is 0 Å². The standard InChI is InChI=1S/C17H22BrN3O2/c1-3-14-13(18)7-8-15(20-14)12-10-19-21(2)16(12)11-23-17-6-4-5-9-22-17/h7-8,10,17H,3-6,9,11H2,1-2H3. The molecule has 0 radical (unpaired) electrons. The maximum Gasteiger partial charge on any atom is 0.158 e. The largest absolute Gasteiger partial charge is 0.353 e. The lowest BCUT2D eigenvalue weighted by Crippen LogP contribution is -2.22. The van der Waals surface area contributed by atoms with Crippen molar-refractivity contribution in [1.29, 1.82) is 0 Å². The number of nitrogens with zero attached hydrogens (tertiary/aromatic N) is 3. The molecule has 2 aromatic heterocycles. The summed E-state index contributed by atoms with van der Waals surface area (Å²) >= 11 is 3.55. The lowest BCUT2D eigenvalue weighted by molar-refractivity contribution is -0.169. The number of aryl methyl sites for hydroxylation is 2. The number of hydrogen-bond acceptors (Lipinski definition) is 4. The second kappa shape index (κ2) is 7.55. The van der Waals surface area contributed by atoms with Crippen LogP contribution in [0.15, 0.2) is 22.8 Å². The van der Waals surface area contributed by atoms with E-state index < -0.39 is 0 Å². The van der Waals surface area contributed by atoms with Gasteiger partial charge in [0.1, 0.15) is 0 Å². The van der Waals surface area contributed by atoms with Gasteiger partial charge in [0, 0.05) is 23.7 Å². The Morgan fingerprint density at radius 2 is 2.26 bits per heavy atom. The average Bonchev–Trinajstić information content (AvgIpc) is 2.95. The number of pyridine rings is 1. The number of halogens is 1. The molecule has 1 unspecified atom stereocenters. The summed E-state index contributed by atoms with van der Waals surface area (Å²) in [6.07, 6.45) is 5.89. The van der Waals surface area contributed by atoms with Crippen molar-refractivity contribution in [3.8, 4) is 11.3 Å². The molecule has 0 N–H and O–H groups in total. The van der Waals surface area contributed by atoms with Crippen LogP contribution in [0.3, 0.4) is 0 Å². The number of rotatable bonds is 5. The van der Waals surface area contributed by atoms with Gasteiger partial charge in [0.2, 0.25) is 0 Å². The molecule has 1 aliphatic heterocycles. The Kier molecular flexibility index (Phi) is 5.46. The van der Waals surface area contributed by atoms with Crippen LogP contribution < -0.4 is 0 Å². The molecule has 0 saturated carbocycles. The summed E-state index contributed by atoms with van der Waals surface area (Å²) in [5.74, 6) is 0. The first kappa shape index (κ1) is 16.6. The van der Waals surface area contributed by atoms with E-state index in [9.17, 15) is 0 Å². The smallest absolute Gasteiger partial charge is 0.158 e. The van der Waals surface area contributed by atoms with Crippen molar-refractivity contribution in [2.45, 2.75) is 45.5 Å². The fourth-order valence-electron chi connectivity index (χ4n) is 2.74. The zero-order chi connectivity index (χ0) is 16.2. The van der Waals surface area contributed by atoms with Gasteiger partial charge in [-0.1, -0.05) is 6.92 Å². The van der Waals surface area contributed by atoms with E-state index in [1.165, 1.54) is 0 Å². The Balaban J connectivity index is 1.80. The molecule has 0 amide bonds. The molecule has 3 heterocycles. The van der Waals surface area contributed by atoms with E-state index in [0.717, 1.165) is 59.4 Å². The normalized spacial score (nSPS) is 18.3. The quantitative estimate of drug-likeness (QED) is 0.791. The van der Waals surface area contributed by atoms with E-state index in [1.54, 1.807) is 0 Å². The van der Waals surface area contributed by atoms with Crippen LogP contribution in [0.2, 0.25) is 0 Å². The summed E-state index contributed by atoms with van der Waals surface area (Å²) in [7, 11) is 1.93. The lowest BCUT2D eigenvalue weighted by atomic mass is 10.1. The van der Waals surface area contributed by atoms with Gasteiger partial charge >= 0.3 is 0 Å². The Morgan fingerprint density at radius 1 is 1.39 bits per heavy atom. The van der Waals surface area contributed by atoms with Crippen molar-refractivity contribution >= 4 is 15.9 Å². The summed E-state index contributed by atoms with van der Waals surface area (Å²) in [5.41, 5.74) is 4.02. The van der Waals surface area contributed by atoms with Crippen LogP contribution in [0.5, 0.6) is 0 Å². The van der Waals surface area contributed by atoms with Gasteiger partial charge < -0.3 is 9.47 Å². The van der Waals surface area contributed by atoms with Crippen LogP contribution in [0.25, 0.3) is 11.3 Å². The summed E-state index contributed by atoms with van der Waals surface area (Å²) in [6, 6.07) is 4.06. The van der Waals surface area contributed by atoms with Gasteiger partial charge in [-0.15, -0.1) is 0 Å². The zero-order valence-corrected chi connectivity index (χ0v) is 15.2. The van der Waals surface area contributed by atoms with E-state index >= 15 is 0 Å². The SMILES string of the molecule is CCc1nc(-c2cnn(C)c2COC2CCCCO2)ccc1Br.